The lowest BCUT2D eigenvalue weighted by Gasteiger charge is -2.40. The number of aromatic nitrogens is 4. The molecule has 0 atom stereocenters. The number of benzene rings is 1. The Hall–Kier alpha value is -2.71. The van der Waals surface area contributed by atoms with Crippen molar-refractivity contribution in [2.75, 3.05) is 49.6 Å². The van der Waals surface area contributed by atoms with Crippen LogP contribution in [0.15, 0.2) is 36.7 Å². The van der Waals surface area contributed by atoms with E-state index in [0.717, 1.165) is 80.9 Å². The molecule has 2 aliphatic heterocycles. The molecule has 31 heavy (non-hydrogen) atoms. The summed E-state index contributed by atoms with van der Waals surface area (Å²) in [6.45, 7) is 5.79. The summed E-state index contributed by atoms with van der Waals surface area (Å²) < 4.78 is 7.59. The van der Waals surface area contributed by atoms with Crippen molar-refractivity contribution in [2.24, 2.45) is 0 Å². The molecular weight excluding hydrogens is 390 g/mol. The number of anilines is 2. The quantitative estimate of drug-likeness (QED) is 0.682. The summed E-state index contributed by atoms with van der Waals surface area (Å²) in [4.78, 5) is 19.6. The number of ether oxygens (including phenoxy) is 1. The number of fused-ring (bicyclic) bond motifs is 1. The van der Waals surface area contributed by atoms with E-state index < -0.39 is 0 Å². The molecule has 3 fully saturated rings. The highest BCUT2D eigenvalue weighted by molar-refractivity contribution is 5.85. The van der Waals surface area contributed by atoms with Crippen molar-refractivity contribution < 1.29 is 4.74 Å². The van der Waals surface area contributed by atoms with Crippen LogP contribution >= 0.6 is 0 Å². The minimum Gasteiger partial charge on any atom is -0.379 e. The first-order valence-electron chi connectivity index (χ1n) is 11.5. The Labute approximate surface area is 182 Å². The second kappa shape index (κ2) is 8.09. The standard InChI is InChI=1S/C23H29N7O/c1-2-4-19(5-3-1)30-16-24-20-21(25-17-6-7-17)26-23(27-22(20)30)29-10-8-18(9-11-29)28-12-14-31-15-13-28/h1-5,16-18H,6-15H2,(H,25,26,27). The summed E-state index contributed by atoms with van der Waals surface area (Å²) in [5.74, 6) is 1.68. The van der Waals surface area contributed by atoms with Crippen LogP contribution in [0.1, 0.15) is 25.7 Å². The Balaban J connectivity index is 1.30. The fourth-order valence-corrected chi connectivity index (χ4v) is 4.70. The van der Waals surface area contributed by atoms with Crippen molar-refractivity contribution in [2.45, 2.75) is 37.8 Å². The molecule has 0 amide bonds. The number of nitrogens with one attached hydrogen (secondary N) is 1. The van der Waals surface area contributed by atoms with E-state index in [9.17, 15) is 0 Å². The number of piperidine rings is 1. The normalized spacial score (nSPS) is 21.0. The van der Waals surface area contributed by atoms with Crippen LogP contribution in [-0.4, -0.2) is 75.9 Å². The van der Waals surface area contributed by atoms with Gasteiger partial charge in [0.25, 0.3) is 0 Å². The highest BCUT2D eigenvalue weighted by Crippen LogP contribution is 2.31. The largest absolute Gasteiger partial charge is 0.379 e. The summed E-state index contributed by atoms with van der Waals surface area (Å²) in [5.41, 5.74) is 2.79. The van der Waals surface area contributed by atoms with Crippen molar-refractivity contribution in [3.05, 3.63) is 36.7 Å². The number of morpholine rings is 1. The van der Waals surface area contributed by atoms with Gasteiger partial charge in [-0.3, -0.25) is 9.47 Å². The van der Waals surface area contributed by atoms with E-state index in [2.05, 4.69) is 36.8 Å². The first-order valence-corrected chi connectivity index (χ1v) is 11.5. The Bertz CT molecular complexity index is 1030. The molecule has 0 spiro atoms. The minimum absolute atomic E-state index is 0.514. The van der Waals surface area contributed by atoms with Gasteiger partial charge in [0.2, 0.25) is 5.95 Å². The zero-order chi connectivity index (χ0) is 20.6. The average molecular weight is 420 g/mol. The lowest BCUT2D eigenvalue weighted by Crippen LogP contribution is -2.49. The fraction of sp³-hybridized carbons (Fsp3) is 0.522. The first-order chi connectivity index (χ1) is 15.3. The molecule has 0 unspecified atom stereocenters. The van der Waals surface area contributed by atoms with Gasteiger partial charge in [-0.1, -0.05) is 18.2 Å². The number of para-hydroxylation sites is 1. The Morgan fingerprint density at radius 1 is 0.903 bits per heavy atom. The SMILES string of the molecule is c1ccc(-n2cnc3c(NC4CC4)nc(N4CCC(N5CCOCC5)CC4)nc32)cc1. The second-order valence-corrected chi connectivity index (χ2v) is 8.78. The predicted octanol–water partition coefficient (Wildman–Crippen LogP) is 2.69. The van der Waals surface area contributed by atoms with Gasteiger partial charge < -0.3 is 15.0 Å². The van der Waals surface area contributed by atoms with Crippen LogP contribution < -0.4 is 10.2 Å². The molecule has 2 saturated heterocycles. The predicted molar refractivity (Wildman–Crippen MR) is 121 cm³/mol. The van der Waals surface area contributed by atoms with Crippen molar-refractivity contribution >= 4 is 22.9 Å². The lowest BCUT2D eigenvalue weighted by atomic mass is 10.0. The van der Waals surface area contributed by atoms with Gasteiger partial charge in [0.1, 0.15) is 6.33 Å². The van der Waals surface area contributed by atoms with E-state index in [4.69, 9.17) is 14.7 Å². The summed E-state index contributed by atoms with van der Waals surface area (Å²) >= 11 is 0. The third-order valence-corrected chi connectivity index (χ3v) is 6.65. The maximum absolute atomic E-state index is 5.52. The molecule has 1 saturated carbocycles. The van der Waals surface area contributed by atoms with Gasteiger partial charge in [-0.05, 0) is 37.8 Å². The highest BCUT2D eigenvalue weighted by atomic mass is 16.5. The van der Waals surface area contributed by atoms with E-state index in [1.54, 1.807) is 0 Å². The molecule has 1 aromatic carbocycles. The molecule has 3 aromatic rings. The number of hydrogen-bond donors (Lipinski definition) is 1. The lowest BCUT2D eigenvalue weighted by molar-refractivity contribution is 0.0114. The van der Waals surface area contributed by atoms with Crippen molar-refractivity contribution in [3.8, 4) is 5.69 Å². The number of imidazole rings is 1. The molecule has 8 nitrogen and oxygen atoms in total. The van der Waals surface area contributed by atoms with Crippen molar-refractivity contribution in [1.82, 2.24) is 24.4 Å². The van der Waals surface area contributed by atoms with E-state index in [1.165, 1.54) is 12.8 Å². The van der Waals surface area contributed by atoms with E-state index in [0.29, 0.717) is 12.1 Å². The van der Waals surface area contributed by atoms with Gasteiger partial charge in [0, 0.05) is 44.0 Å². The van der Waals surface area contributed by atoms with E-state index in [-0.39, 0.29) is 0 Å². The highest BCUT2D eigenvalue weighted by Gasteiger charge is 2.29. The van der Waals surface area contributed by atoms with Crippen LogP contribution in [0.4, 0.5) is 11.8 Å². The molecule has 1 aliphatic carbocycles. The van der Waals surface area contributed by atoms with Gasteiger partial charge in [-0.15, -0.1) is 0 Å². The third-order valence-electron chi connectivity index (χ3n) is 6.65. The molecule has 6 rings (SSSR count). The van der Waals surface area contributed by atoms with Crippen molar-refractivity contribution in [1.29, 1.82) is 0 Å². The zero-order valence-corrected chi connectivity index (χ0v) is 17.8. The summed E-state index contributed by atoms with van der Waals surface area (Å²) in [6, 6.07) is 11.5. The summed E-state index contributed by atoms with van der Waals surface area (Å²) in [7, 11) is 0. The molecule has 0 bridgehead atoms. The van der Waals surface area contributed by atoms with Crippen LogP contribution in [0.25, 0.3) is 16.9 Å². The molecule has 4 heterocycles. The van der Waals surface area contributed by atoms with Crippen LogP contribution in [-0.2, 0) is 4.74 Å². The summed E-state index contributed by atoms with van der Waals surface area (Å²) in [6.07, 6.45) is 6.55. The van der Waals surface area contributed by atoms with Crippen LogP contribution in [0.2, 0.25) is 0 Å². The second-order valence-electron chi connectivity index (χ2n) is 8.78. The molecule has 8 heteroatoms. The van der Waals surface area contributed by atoms with E-state index >= 15 is 0 Å². The topological polar surface area (TPSA) is 71.3 Å². The Morgan fingerprint density at radius 2 is 1.68 bits per heavy atom. The summed E-state index contributed by atoms with van der Waals surface area (Å²) in [5, 5.41) is 3.59. The molecular formula is C23H29N7O. The maximum Gasteiger partial charge on any atom is 0.229 e. The van der Waals surface area contributed by atoms with Gasteiger partial charge in [-0.2, -0.15) is 9.97 Å². The van der Waals surface area contributed by atoms with Crippen LogP contribution in [0.3, 0.4) is 0 Å². The zero-order valence-electron chi connectivity index (χ0n) is 17.8. The van der Waals surface area contributed by atoms with Crippen LogP contribution in [0, 0.1) is 0 Å². The van der Waals surface area contributed by atoms with E-state index in [1.807, 2.05) is 24.5 Å². The van der Waals surface area contributed by atoms with Gasteiger partial charge >= 0.3 is 0 Å². The van der Waals surface area contributed by atoms with Crippen LogP contribution in [0.5, 0.6) is 0 Å². The molecule has 162 valence electrons. The molecule has 3 aliphatic rings. The fourth-order valence-electron chi connectivity index (χ4n) is 4.70. The Morgan fingerprint density at radius 3 is 2.42 bits per heavy atom. The number of nitrogens with zero attached hydrogens (tertiary/aromatic N) is 6. The maximum atomic E-state index is 5.52. The third kappa shape index (κ3) is 3.85. The number of hydrogen-bond acceptors (Lipinski definition) is 7. The average Bonchev–Trinajstić information content (AvgIpc) is 3.55. The smallest absolute Gasteiger partial charge is 0.229 e. The van der Waals surface area contributed by atoms with Gasteiger partial charge in [0.15, 0.2) is 17.0 Å². The van der Waals surface area contributed by atoms with Crippen molar-refractivity contribution in [3.63, 3.8) is 0 Å². The molecule has 1 N–H and O–H groups in total. The first kappa shape index (κ1) is 19.0. The molecule has 0 radical (unpaired) electrons. The van der Waals surface area contributed by atoms with Gasteiger partial charge in [0.05, 0.1) is 13.2 Å². The van der Waals surface area contributed by atoms with Gasteiger partial charge in [-0.25, -0.2) is 4.98 Å². The monoisotopic (exact) mass is 419 g/mol. The minimum atomic E-state index is 0.514. The molecule has 2 aromatic heterocycles. The number of rotatable bonds is 5. The Kier molecular flexibility index (Phi) is 4.96.